The molecule has 0 heterocycles. The average Bonchev–Trinajstić information content (AvgIpc) is 2.44. The molecule has 2 atom stereocenters. The molecule has 106 valence electrons. The van der Waals surface area contributed by atoms with Gasteiger partial charge in [-0.05, 0) is 38.0 Å². The summed E-state index contributed by atoms with van der Waals surface area (Å²) in [6, 6.07) is 7.78. The van der Waals surface area contributed by atoms with Gasteiger partial charge >= 0.3 is 0 Å². The largest absolute Gasteiger partial charge is 0.497 e. The maximum absolute atomic E-state index is 11.8. The first-order valence-electron chi connectivity index (χ1n) is 6.76. The van der Waals surface area contributed by atoms with E-state index < -0.39 is 0 Å². The van der Waals surface area contributed by atoms with Gasteiger partial charge in [-0.25, -0.2) is 0 Å². The second kappa shape index (κ2) is 7.79. The maximum Gasteiger partial charge on any atom is 0.236 e. The van der Waals surface area contributed by atoms with Gasteiger partial charge in [0.2, 0.25) is 5.91 Å². The van der Waals surface area contributed by atoms with Crippen molar-refractivity contribution in [2.24, 2.45) is 0 Å². The standard InChI is InChI=1S/C15H24N2O2/c1-5-10-16-15(18)12(3)17-11(2)13-6-8-14(19-4)9-7-13/h6-9,11-12,17H,5,10H2,1-4H3,(H,16,18)/t11-,12?/m1/s1. The van der Waals surface area contributed by atoms with Crippen LogP contribution in [0.15, 0.2) is 24.3 Å². The van der Waals surface area contributed by atoms with Crippen LogP contribution in [0.1, 0.15) is 38.8 Å². The molecule has 0 spiro atoms. The van der Waals surface area contributed by atoms with Crippen LogP contribution >= 0.6 is 0 Å². The average molecular weight is 264 g/mol. The van der Waals surface area contributed by atoms with Crippen LogP contribution in [0.3, 0.4) is 0 Å². The summed E-state index contributed by atoms with van der Waals surface area (Å²) < 4.78 is 5.13. The molecule has 1 aromatic rings. The van der Waals surface area contributed by atoms with E-state index in [2.05, 4.69) is 10.6 Å². The van der Waals surface area contributed by atoms with E-state index in [1.54, 1.807) is 7.11 Å². The molecule has 1 unspecified atom stereocenters. The third-order valence-corrected chi connectivity index (χ3v) is 3.06. The lowest BCUT2D eigenvalue weighted by molar-refractivity contribution is -0.122. The number of nitrogens with one attached hydrogen (secondary N) is 2. The molecular weight excluding hydrogens is 240 g/mol. The van der Waals surface area contributed by atoms with Crippen LogP contribution in [0, 0.1) is 0 Å². The van der Waals surface area contributed by atoms with Crippen LogP contribution in [0.25, 0.3) is 0 Å². The minimum atomic E-state index is -0.205. The first-order chi connectivity index (χ1) is 9.08. The van der Waals surface area contributed by atoms with Crippen molar-refractivity contribution < 1.29 is 9.53 Å². The number of hydrogen-bond donors (Lipinski definition) is 2. The Morgan fingerprint density at radius 3 is 2.42 bits per heavy atom. The molecule has 0 saturated heterocycles. The fraction of sp³-hybridized carbons (Fsp3) is 0.533. The van der Waals surface area contributed by atoms with Gasteiger partial charge in [-0.15, -0.1) is 0 Å². The summed E-state index contributed by atoms with van der Waals surface area (Å²) in [6.07, 6.45) is 0.951. The fourth-order valence-corrected chi connectivity index (χ4v) is 1.84. The maximum atomic E-state index is 11.8. The Kier molecular flexibility index (Phi) is 6.36. The topological polar surface area (TPSA) is 50.4 Å². The molecule has 0 aromatic heterocycles. The van der Waals surface area contributed by atoms with E-state index in [1.165, 1.54) is 0 Å². The molecule has 0 bridgehead atoms. The van der Waals surface area contributed by atoms with Crippen LogP contribution in [0.4, 0.5) is 0 Å². The van der Waals surface area contributed by atoms with Crippen molar-refractivity contribution in [3.63, 3.8) is 0 Å². The lowest BCUT2D eigenvalue weighted by Gasteiger charge is -2.20. The van der Waals surface area contributed by atoms with Gasteiger partial charge in [-0.3, -0.25) is 10.1 Å². The number of carbonyl (C=O) groups is 1. The zero-order valence-corrected chi connectivity index (χ0v) is 12.2. The molecule has 19 heavy (non-hydrogen) atoms. The van der Waals surface area contributed by atoms with Gasteiger partial charge in [-0.1, -0.05) is 19.1 Å². The lowest BCUT2D eigenvalue weighted by Crippen LogP contribution is -2.43. The van der Waals surface area contributed by atoms with E-state index in [4.69, 9.17) is 4.74 Å². The molecule has 1 amide bonds. The van der Waals surface area contributed by atoms with Gasteiger partial charge in [-0.2, -0.15) is 0 Å². The van der Waals surface area contributed by atoms with Crippen molar-refractivity contribution >= 4 is 5.91 Å². The highest BCUT2D eigenvalue weighted by Gasteiger charge is 2.15. The number of methoxy groups -OCH3 is 1. The summed E-state index contributed by atoms with van der Waals surface area (Å²) >= 11 is 0. The first kappa shape index (κ1) is 15.5. The zero-order chi connectivity index (χ0) is 14.3. The molecule has 4 heteroatoms. The minimum Gasteiger partial charge on any atom is -0.497 e. The van der Waals surface area contributed by atoms with Crippen LogP contribution in [0.2, 0.25) is 0 Å². The number of hydrogen-bond acceptors (Lipinski definition) is 3. The molecule has 0 aliphatic carbocycles. The Morgan fingerprint density at radius 1 is 1.26 bits per heavy atom. The molecular formula is C15H24N2O2. The summed E-state index contributed by atoms with van der Waals surface area (Å²) in [7, 11) is 1.65. The monoisotopic (exact) mass is 264 g/mol. The molecule has 0 aliphatic heterocycles. The van der Waals surface area contributed by atoms with Crippen LogP contribution in [0.5, 0.6) is 5.75 Å². The smallest absolute Gasteiger partial charge is 0.236 e. The van der Waals surface area contributed by atoms with Crippen molar-refractivity contribution in [1.82, 2.24) is 10.6 Å². The molecule has 0 aliphatic rings. The van der Waals surface area contributed by atoms with Gasteiger partial charge in [0.15, 0.2) is 0 Å². The molecule has 0 fully saturated rings. The van der Waals surface area contributed by atoms with E-state index in [0.29, 0.717) is 0 Å². The van der Waals surface area contributed by atoms with Gasteiger partial charge in [0.1, 0.15) is 5.75 Å². The summed E-state index contributed by atoms with van der Waals surface area (Å²) in [5.41, 5.74) is 1.14. The predicted octanol–water partition coefficient (Wildman–Crippen LogP) is 2.26. The lowest BCUT2D eigenvalue weighted by atomic mass is 10.1. The second-order valence-corrected chi connectivity index (χ2v) is 4.67. The molecule has 0 saturated carbocycles. The van der Waals surface area contributed by atoms with Crippen LogP contribution < -0.4 is 15.4 Å². The normalized spacial score (nSPS) is 13.7. The van der Waals surface area contributed by atoms with E-state index in [0.717, 1.165) is 24.3 Å². The van der Waals surface area contributed by atoms with Gasteiger partial charge in [0.05, 0.1) is 13.2 Å². The predicted molar refractivity (Wildman–Crippen MR) is 77.3 cm³/mol. The van der Waals surface area contributed by atoms with E-state index in [1.807, 2.05) is 45.0 Å². The summed E-state index contributed by atoms with van der Waals surface area (Å²) in [5.74, 6) is 0.881. The summed E-state index contributed by atoms with van der Waals surface area (Å²) in [4.78, 5) is 11.8. The molecule has 1 rings (SSSR count). The molecule has 1 aromatic carbocycles. The highest BCUT2D eigenvalue weighted by atomic mass is 16.5. The first-order valence-corrected chi connectivity index (χ1v) is 6.76. The van der Waals surface area contributed by atoms with E-state index in [9.17, 15) is 4.79 Å². The number of amides is 1. The van der Waals surface area contributed by atoms with E-state index >= 15 is 0 Å². The van der Waals surface area contributed by atoms with Crippen molar-refractivity contribution in [2.75, 3.05) is 13.7 Å². The molecule has 2 N–H and O–H groups in total. The number of rotatable bonds is 7. The fourth-order valence-electron chi connectivity index (χ4n) is 1.84. The quantitative estimate of drug-likeness (QED) is 0.794. The Morgan fingerprint density at radius 2 is 1.89 bits per heavy atom. The van der Waals surface area contributed by atoms with Crippen molar-refractivity contribution in [2.45, 2.75) is 39.3 Å². The Balaban J connectivity index is 2.52. The van der Waals surface area contributed by atoms with Crippen molar-refractivity contribution in [1.29, 1.82) is 0 Å². The van der Waals surface area contributed by atoms with Crippen LogP contribution in [-0.4, -0.2) is 25.6 Å². The second-order valence-electron chi connectivity index (χ2n) is 4.67. The number of benzene rings is 1. The van der Waals surface area contributed by atoms with Gasteiger partial charge < -0.3 is 10.1 Å². The van der Waals surface area contributed by atoms with Gasteiger partial charge in [0.25, 0.3) is 0 Å². The van der Waals surface area contributed by atoms with E-state index in [-0.39, 0.29) is 18.0 Å². The minimum absolute atomic E-state index is 0.0437. The Hall–Kier alpha value is -1.55. The Labute approximate surface area is 115 Å². The summed E-state index contributed by atoms with van der Waals surface area (Å²) in [5, 5.41) is 6.18. The molecule has 4 nitrogen and oxygen atoms in total. The van der Waals surface area contributed by atoms with Gasteiger partial charge in [0, 0.05) is 12.6 Å². The van der Waals surface area contributed by atoms with Crippen LogP contribution in [-0.2, 0) is 4.79 Å². The molecule has 0 radical (unpaired) electrons. The zero-order valence-electron chi connectivity index (χ0n) is 12.2. The number of ether oxygens (including phenoxy) is 1. The highest BCUT2D eigenvalue weighted by molar-refractivity contribution is 5.81. The van der Waals surface area contributed by atoms with Crippen molar-refractivity contribution in [3.8, 4) is 5.75 Å². The SMILES string of the molecule is CCCNC(=O)C(C)N[C@H](C)c1ccc(OC)cc1. The third kappa shape index (κ3) is 4.91. The number of carbonyl (C=O) groups excluding carboxylic acids is 1. The van der Waals surface area contributed by atoms with Crippen molar-refractivity contribution in [3.05, 3.63) is 29.8 Å². The third-order valence-electron chi connectivity index (χ3n) is 3.06. The Bertz CT molecular complexity index is 390. The highest BCUT2D eigenvalue weighted by Crippen LogP contribution is 2.17. The summed E-state index contributed by atoms with van der Waals surface area (Å²) in [6.45, 7) is 6.69.